The van der Waals surface area contributed by atoms with Crippen LogP contribution in [0.2, 0.25) is 0 Å². The van der Waals surface area contributed by atoms with E-state index in [9.17, 15) is 9.59 Å². The summed E-state index contributed by atoms with van der Waals surface area (Å²) in [6.07, 6.45) is 3.21. The lowest BCUT2D eigenvalue weighted by atomic mass is 10.1. The summed E-state index contributed by atoms with van der Waals surface area (Å²) in [6, 6.07) is 18.6. The van der Waals surface area contributed by atoms with E-state index < -0.39 is 0 Å². The van der Waals surface area contributed by atoms with Gasteiger partial charge in [-0.1, -0.05) is 43.3 Å². The molecule has 2 amide bonds. The van der Waals surface area contributed by atoms with Crippen molar-refractivity contribution in [3.8, 4) is 0 Å². The van der Waals surface area contributed by atoms with Gasteiger partial charge in [0.15, 0.2) is 0 Å². The monoisotopic (exact) mass is 448 g/mol. The Bertz CT molecular complexity index is 925. The number of para-hydroxylation sites is 2. The number of aryl methyl sites for hydroxylation is 1. The highest BCUT2D eigenvalue weighted by molar-refractivity contribution is 6.00. The zero-order chi connectivity index (χ0) is 23.0. The van der Waals surface area contributed by atoms with Crippen LogP contribution in [0.25, 0.3) is 0 Å². The van der Waals surface area contributed by atoms with Gasteiger partial charge >= 0.3 is 0 Å². The average Bonchev–Trinajstić information content (AvgIpc) is 3.26. The van der Waals surface area contributed by atoms with E-state index in [0.717, 1.165) is 63.2 Å². The zero-order valence-corrected chi connectivity index (χ0v) is 19.7. The molecule has 6 heteroatoms. The van der Waals surface area contributed by atoms with Crippen molar-refractivity contribution in [1.29, 1.82) is 0 Å². The zero-order valence-electron chi connectivity index (χ0n) is 19.7. The molecule has 4 rings (SSSR count). The minimum absolute atomic E-state index is 0.0105. The normalized spacial score (nSPS) is 19.2. The minimum atomic E-state index is -0.256. The van der Waals surface area contributed by atoms with E-state index in [-0.39, 0.29) is 17.7 Å². The number of hydrogen-bond donors (Lipinski definition) is 1. The molecule has 1 atom stereocenters. The van der Waals surface area contributed by atoms with E-state index in [0.29, 0.717) is 19.5 Å². The molecule has 0 aliphatic carbocycles. The molecule has 33 heavy (non-hydrogen) atoms. The van der Waals surface area contributed by atoms with Gasteiger partial charge in [0.25, 0.3) is 0 Å². The number of anilines is 2. The second-order valence-corrected chi connectivity index (χ2v) is 9.05. The topological polar surface area (TPSA) is 55.9 Å². The van der Waals surface area contributed by atoms with Gasteiger partial charge < -0.3 is 15.1 Å². The number of carbonyl (C=O) groups is 2. The van der Waals surface area contributed by atoms with Crippen molar-refractivity contribution in [2.45, 2.75) is 32.6 Å². The van der Waals surface area contributed by atoms with Crippen molar-refractivity contribution in [2.24, 2.45) is 5.92 Å². The number of nitrogens with one attached hydrogen (secondary N) is 1. The highest BCUT2D eigenvalue weighted by Gasteiger charge is 2.35. The molecular formula is C27H36N4O2. The van der Waals surface area contributed by atoms with Gasteiger partial charge in [0.1, 0.15) is 0 Å². The van der Waals surface area contributed by atoms with E-state index in [1.54, 1.807) is 4.90 Å². The summed E-state index contributed by atoms with van der Waals surface area (Å²) in [5, 5.41) is 3.07. The summed E-state index contributed by atoms with van der Waals surface area (Å²) in [4.78, 5) is 32.0. The van der Waals surface area contributed by atoms with Crippen LogP contribution in [0.15, 0.2) is 54.6 Å². The molecule has 0 bridgehead atoms. The molecule has 2 fully saturated rings. The largest absolute Gasteiger partial charge is 0.369 e. The molecule has 0 spiro atoms. The summed E-state index contributed by atoms with van der Waals surface area (Å²) < 4.78 is 0. The van der Waals surface area contributed by atoms with Gasteiger partial charge in [0.05, 0.1) is 5.92 Å². The third-order valence-corrected chi connectivity index (χ3v) is 6.85. The van der Waals surface area contributed by atoms with E-state index >= 15 is 0 Å². The van der Waals surface area contributed by atoms with Gasteiger partial charge in [-0.2, -0.15) is 0 Å². The molecule has 1 unspecified atom stereocenters. The van der Waals surface area contributed by atoms with Gasteiger partial charge in [-0.3, -0.25) is 14.5 Å². The molecule has 6 nitrogen and oxygen atoms in total. The molecule has 2 heterocycles. The number of nitrogens with zero attached hydrogens (tertiary/aromatic N) is 3. The van der Waals surface area contributed by atoms with Crippen LogP contribution >= 0.6 is 0 Å². The van der Waals surface area contributed by atoms with Crippen LogP contribution in [0.4, 0.5) is 11.4 Å². The summed E-state index contributed by atoms with van der Waals surface area (Å²) in [5.41, 5.74) is 3.41. The lowest BCUT2D eigenvalue weighted by molar-refractivity contribution is -0.126. The summed E-state index contributed by atoms with van der Waals surface area (Å²) in [6.45, 7) is 8.62. The fourth-order valence-corrected chi connectivity index (χ4v) is 4.87. The Labute approximate surface area is 197 Å². The molecule has 2 saturated heterocycles. The van der Waals surface area contributed by atoms with Crippen LogP contribution in [0.1, 0.15) is 31.7 Å². The van der Waals surface area contributed by atoms with Crippen LogP contribution in [0.5, 0.6) is 0 Å². The van der Waals surface area contributed by atoms with E-state index in [2.05, 4.69) is 58.4 Å². The first-order chi connectivity index (χ1) is 16.2. The van der Waals surface area contributed by atoms with Gasteiger partial charge in [-0.15, -0.1) is 0 Å². The Balaban J connectivity index is 1.13. The van der Waals surface area contributed by atoms with Gasteiger partial charge in [-0.25, -0.2) is 0 Å². The van der Waals surface area contributed by atoms with Crippen molar-refractivity contribution in [3.63, 3.8) is 0 Å². The van der Waals surface area contributed by atoms with Crippen LogP contribution in [-0.4, -0.2) is 62.5 Å². The van der Waals surface area contributed by atoms with E-state index in [1.807, 2.05) is 18.2 Å². The first-order valence-corrected chi connectivity index (χ1v) is 12.3. The summed E-state index contributed by atoms with van der Waals surface area (Å²) in [5.74, 6) is -0.199. The van der Waals surface area contributed by atoms with Crippen molar-refractivity contribution < 1.29 is 9.59 Å². The maximum absolute atomic E-state index is 12.7. The number of amides is 2. The van der Waals surface area contributed by atoms with Crippen LogP contribution in [0, 0.1) is 5.92 Å². The smallest absolute Gasteiger partial charge is 0.227 e. The maximum atomic E-state index is 12.7. The summed E-state index contributed by atoms with van der Waals surface area (Å²) >= 11 is 0. The molecule has 0 radical (unpaired) electrons. The molecule has 176 valence electrons. The molecule has 0 aromatic heterocycles. The Morgan fingerprint density at radius 1 is 0.970 bits per heavy atom. The van der Waals surface area contributed by atoms with Crippen LogP contribution in [-0.2, 0) is 16.0 Å². The molecule has 1 N–H and O–H groups in total. The second kappa shape index (κ2) is 11.3. The Morgan fingerprint density at radius 2 is 1.70 bits per heavy atom. The lowest BCUT2D eigenvalue weighted by Crippen LogP contribution is -2.46. The highest BCUT2D eigenvalue weighted by atomic mass is 16.2. The predicted octanol–water partition coefficient (Wildman–Crippen LogP) is 3.32. The van der Waals surface area contributed by atoms with Crippen molar-refractivity contribution in [2.75, 3.05) is 55.6 Å². The molecule has 0 saturated carbocycles. The third-order valence-electron chi connectivity index (χ3n) is 6.85. The quantitative estimate of drug-likeness (QED) is 0.598. The molecule has 2 aliphatic rings. The molecule has 2 aromatic carbocycles. The number of carbonyl (C=O) groups excluding carboxylic acids is 2. The fourth-order valence-electron chi connectivity index (χ4n) is 4.87. The molecular weight excluding hydrogens is 412 g/mol. The lowest BCUT2D eigenvalue weighted by Gasteiger charge is -2.36. The molecule has 2 aromatic rings. The highest BCUT2D eigenvalue weighted by Crippen LogP contribution is 2.28. The van der Waals surface area contributed by atoms with Gasteiger partial charge in [0, 0.05) is 57.1 Å². The number of hydrogen-bond acceptors (Lipinski definition) is 4. The minimum Gasteiger partial charge on any atom is -0.369 e. The Hall–Kier alpha value is -2.86. The Morgan fingerprint density at radius 3 is 2.45 bits per heavy atom. The number of benzene rings is 2. The first-order valence-electron chi connectivity index (χ1n) is 12.3. The SMILES string of the molecule is CCc1ccccc1N1CC(C(=O)NCCCCN2CCN(c3ccccc3)CC2)CC1=O. The Kier molecular flexibility index (Phi) is 8.00. The van der Waals surface area contributed by atoms with Gasteiger partial charge in [0.2, 0.25) is 11.8 Å². The van der Waals surface area contributed by atoms with Crippen molar-refractivity contribution in [1.82, 2.24) is 10.2 Å². The standard InChI is InChI=1S/C27H36N4O2/c1-2-22-10-6-7-13-25(22)31-21-23(20-26(31)32)27(33)28-14-8-9-15-29-16-18-30(19-17-29)24-11-4-3-5-12-24/h3-7,10-13,23H,2,8-9,14-21H2,1H3,(H,28,33). The third kappa shape index (κ3) is 5.93. The number of rotatable bonds is 9. The number of unbranched alkanes of at least 4 members (excludes halogenated alkanes) is 1. The predicted molar refractivity (Wildman–Crippen MR) is 134 cm³/mol. The molecule has 2 aliphatic heterocycles. The van der Waals surface area contributed by atoms with Crippen molar-refractivity contribution in [3.05, 3.63) is 60.2 Å². The van der Waals surface area contributed by atoms with E-state index in [4.69, 9.17) is 0 Å². The second-order valence-electron chi connectivity index (χ2n) is 9.05. The average molecular weight is 449 g/mol. The first kappa shape index (κ1) is 23.3. The maximum Gasteiger partial charge on any atom is 0.227 e. The van der Waals surface area contributed by atoms with Crippen LogP contribution < -0.4 is 15.1 Å². The van der Waals surface area contributed by atoms with Crippen molar-refractivity contribution >= 4 is 23.2 Å². The summed E-state index contributed by atoms with van der Waals surface area (Å²) in [7, 11) is 0. The van der Waals surface area contributed by atoms with Gasteiger partial charge in [-0.05, 0) is 49.6 Å². The fraction of sp³-hybridized carbons (Fsp3) is 0.481. The van der Waals surface area contributed by atoms with Crippen LogP contribution in [0.3, 0.4) is 0 Å². The van der Waals surface area contributed by atoms with E-state index in [1.165, 1.54) is 5.69 Å². The number of piperazine rings is 1.